The van der Waals surface area contributed by atoms with Crippen LogP contribution in [0.15, 0.2) is 30.5 Å². The van der Waals surface area contributed by atoms with E-state index < -0.39 is 18.3 Å². The van der Waals surface area contributed by atoms with Crippen molar-refractivity contribution in [1.29, 1.82) is 0 Å². The van der Waals surface area contributed by atoms with Crippen molar-refractivity contribution in [2.45, 2.75) is 0 Å². The van der Waals surface area contributed by atoms with E-state index in [1.54, 1.807) is 0 Å². The van der Waals surface area contributed by atoms with Gasteiger partial charge < -0.3 is 12.9 Å². The quantitative estimate of drug-likeness (QED) is 0.490. The van der Waals surface area contributed by atoms with Crippen molar-refractivity contribution >= 4 is 23.3 Å². The predicted molar refractivity (Wildman–Crippen MR) is 50.4 cm³/mol. The van der Waals surface area contributed by atoms with E-state index in [9.17, 15) is 17.3 Å². The summed E-state index contributed by atoms with van der Waals surface area (Å²) >= 11 is 0. The number of pyridine rings is 1. The molecule has 0 unspecified atom stereocenters. The first-order valence-corrected chi connectivity index (χ1v) is 4.22. The first-order chi connectivity index (χ1) is 6.98. The molecule has 7 heteroatoms. The number of rotatable bonds is 1. The van der Waals surface area contributed by atoms with Gasteiger partial charge in [-0.05, 0) is 23.6 Å². The molecule has 0 N–H and O–H groups in total. The smallest absolute Gasteiger partial charge is 0.445 e. The Kier molecular flexibility index (Phi) is 4.53. The van der Waals surface area contributed by atoms with E-state index >= 15 is 0 Å². The van der Waals surface area contributed by atoms with Gasteiger partial charge in [0.1, 0.15) is 5.82 Å². The van der Waals surface area contributed by atoms with Crippen LogP contribution in [0, 0.1) is 5.82 Å². The number of fused-ring (bicyclic) bond motifs is 1. The molecule has 0 aliphatic carbocycles. The molecule has 0 radical (unpaired) electrons. The van der Waals surface area contributed by atoms with Crippen LogP contribution in [-0.4, -0.2) is 12.0 Å². The van der Waals surface area contributed by atoms with Gasteiger partial charge in [-0.3, -0.25) is 4.98 Å². The molecule has 1 nitrogen and oxygen atoms in total. The standard InChI is InChI=1S/C9H5BF4N.K/c11-6-1-2-9-7(5-6)8(3-4-15-9)10(12,13)14;/h1-5H;/q-1;+1. The van der Waals surface area contributed by atoms with E-state index in [0.29, 0.717) is 0 Å². The molecule has 0 aliphatic heterocycles. The zero-order valence-electron chi connectivity index (χ0n) is 8.42. The van der Waals surface area contributed by atoms with Crippen LogP contribution in [0.3, 0.4) is 0 Å². The second-order valence-corrected chi connectivity index (χ2v) is 3.14. The van der Waals surface area contributed by atoms with Crippen molar-refractivity contribution in [3.05, 3.63) is 36.3 Å². The van der Waals surface area contributed by atoms with Crippen molar-refractivity contribution in [3.8, 4) is 0 Å². The average Bonchev–Trinajstić information content (AvgIpc) is 2.15. The molecule has 2 aromatic rings. The summed E-state index contributed by atoms with van der Waals surface area (Å²) in [6, 6.07) is 4.03. The molecule has 0 saturated carbocycles. The molecule has 78 valence electrons. The maximum absolute atomic E-state index is 12.8. The molecule has 0 bridgehead atoms. The number of benzene rings is 1. The Labute approximate surface area is 132 Å². The van der Waals surface area contributed by atoms with Crippen molar-refractivity contribution in [3.63, 3.8) is 0 Å². The van der Waals surface area contributed by atoms with E-state index in [2.05, 4.69) is 4.98 Å². The van der Waals surface area contributed by atoms with Gasteiger partial charge >= 0.3 is 58.4 Å². The Bertz CT molecular complexity index is 514. The second-order valence-electron chi connectivity index (χ2n) is 3.14. The number of halogens is 4. The zero-order valence-corrected chi connectivity index (χ0v) is 11.5. The SMILES string of the molecule is Fc1ccc2nccc([B-](F)(F)F)c2c1.[K+]. The van der Waals surface area contributed by atoms with E-state index in [0.717, 1.165) is 24.4 Å². The Balaban J connectivity index is 0.00000128. The van der Waals surface area contributed by atoms with Gasteiger partial charge in [0.2, 0.25) is 0 Å². The minimum absolute atomic E-state index is 0. The molecule has 0 aliphatic rings. The van der Waals surface area contributed by atoms with Gasteiger partial charge in [-0.25, -0.2) is 4.39 Å². The molecule has 0 amide bonds. The van der Waals surface area contributed by atoms with Crippen LogP contribution in [0.1, 0.15) is 0 Å². The number of nitrogens with zero attached hydrogens (tertiary/aromatic N) is 1. The van der Waals surface area contributed by atoms with Crippen LogP contribution in [0.2, 0.25) is 0 Å². The summed E-state index contributed by atoms with van der Waals surface area (Å²) in [7, 11) is 0. The van der Waals surface area contributed by atoms with E-state index in [1.165, 1.54) is 6.07 Å². The van der Waals surface area contributed by atoms with E-state index in [-0.39, 0.29) is 62.3 Å². The fourth-order valence-electron chi connectivity index (χ4n) is 1.43. The summed E-state index contributed by atoms with van der Waals surface area (Å²) < 4.78 is 50.5. The second kappa shape index (κ2) is 5.14. The van der Waals surface area contributed by atoms with Crippen LogP contribution in [-0.2, 0) is 0 Å². The summed E-state index contributed by atoms with van der Waals surface area (Å²) in [6.45, 7) is -5.14. The predicted octanol–water partition coefficient (Wildman–Crippen LogP) is -0.568. The minimum Gasteiger partial charge on any atom is -0.445 e. The Hall–Kier alpha value is 0.0513. The summed E-state index contributed by atoms with van der Waals surface area (Å²) in [5.74, 6) is -0.697. The summed E-state index contributed by atoms with van der Waals surface area (Å²) in [5.41, 5.74) is -0.660. The fourth-order valence-corrected chi connectivity index (χ4v) is 1.43. The molecule has 2 rings (SSSR count). The van der Waals surface area contributed by atoms with Gasteiger partial charge in [0, 0.05) is 6.20 Å². The minimum atomic E-state index is -5.14. The molecule has 1 aromatic carbocycles. The van der Waals surface area contributed by atoms with Gasteiger partial charge in [0.05, 0.1) is 5.52 Å². The van der Waals surface area contributed by atoms with Gasteiger partial charge in [-0.2, -0.15) is 0 Å². The van der Waals surface area contributed by atoms with Crippen LogP contribution >= 0.6 is 0 Å². The Morgan fingerprint density at radius 3 is 2.38 bits per heavy atom. The van der Waals surface area contributed by atoms with Crippen LogP contribution in [0.4, 0.5) is 17.3 Å². The number of hydrogen-bond acceptors (Lipinski definition) is 1. The molecule has 16 heavy (non-hydrogen) atoms. The molecule has 0 saturated heterocycles. The molecule has 0 spiro atoms. The van der Waals surface area contributed by atoms with Crippen molar-refractivity contribution in [2.24, 2.45) is 0 Å². The van der Waals surface area contributed by atoms with Gasteiger partial charge in [-0.15, -0.1) is 0 Å². The van der Waals surface area contributed by atoms with Crippen molar-refractivity contribution < 1.29 is 68.7 Å². The Morgan fingerprint density at radius 2 is 1.75 bits per heavy atom. The van der Waals surface area contributed by atoms with E-state index in [4.69, 9.17) is 0 Å². The normalized spacial score (nSPS) is 11.2. The summed E-state index contributed by atoms with van der Waals surface area (Å²) in [4.78, 5) is 3.74. The van der Waals surface area contributed by atoms with Gasteiger partial charge in [0.15, 0.2) is 0 Å². The molecule has 0 atom stereocenters. The molecule has 1 aromatic heterocycles. The summed E-state index contributed by atoms with van der Waals surface area (Å²) in [5, 5.41) is -0.190. The first kappa shape index (κ1) is 14.1. The van der Waals surface area contributed by atoms with E-state index in [1.807, 2.05) is 0 Å². The van der Waals surface area contributed by atoms with Gasteiger partial charge in [0.25, 0.3) is 0 Å². The first-order valence-electron chi connectivity index (χ1n) is 4.22. The molecule has 1 heterocycles. The maximum Gasteiger partial charge on any atom is 1.00 e. The van der Waals surface area contributed by atoms with Crippen molar-refractivity contribution in [1.82, 2.24) is 4.98 Å². The van der Waals surface area contributed by atoms with Gasteiger partial charge in [-0.1, -0.05) is 11.5 Å². The monoisotopic (exact) mass is 253 g/mol. The van der Waals surface area contributed by atoms with Crippen LogP contribution in [0.25, 0.3) is 10.9 Å². The van der Waals surface area contributed by atoms with Crippen LogP contribution < -0.4 is 56.8 Å². The average molecular weight is 253 g/mol. The third-order valence-electron chi connectivity index (χ3n) is 2.09. The third kappa shape index (κ3) is 2.84. The number of aromatic nitrogens is 1. The zero-order chi connectivity index (χ0) is 11.1. The summed E-state index contributed by atoms with van der Waals surface area (Å²) in [6.07, 6.45) is 1.07. The van der Waals surface area contributed by atoms with Crippen molar-refractivity contribution in [2.75, 3.05) is 0 Å². The molecular formula is C9H5BF4KN. The maximum atomic E-state index is 12.8. The Morgan fingerprint density at radius 1 is 1.06 bits per heavy atom. The topological polar surface area (TPSA) is 12.9 Å². The third-order valence-corrected chi connectivity index (χ3v) is 2.09. The fraction of sp³-hybridized carbons (Fsp3) is 0. The van der Waals surface area contributed by atoms with Crippen LogP contribution in [0.5, 0.6) is 0 Å². The molecular weight excluding hydrogens is 248 g/mol. The molecule has 0 fully saturated rings. The largest absolute Gasteiger partial charge is 1.00 e. The number of hydrogen-bond donors (Lipinski definition) is 0.